The molecule has 14 heavy (non-hydrogen) atoms. The summed E-state index contributed by atoms with van der Waals surface area (Å²) in [6.07, 6.45) is 6.82. The van der Waals surface area contributed by atoms with E-state index in [4.69, 9.17) is 5.73 Å². The molecular weight excluding hydrogens is 194 g/mol. The van der Waals surface area contributed by atoms with Crippen molar-refractivity contribution < 1.29 is 4.79 Å². The molecule has 2 N–H and O–H groups in total. The Labute approximate surface area is 87.1 Å². The van der Waals surface area contributed by atoms with Gasteiger partial charge in [0.25, 0.3) is 0 Å². The zero-order chi connectivity index (χ0) is 10.4. The van der Waals surface area contributed by atoms with E-state index in [0.29, 0.717) is 5.57 Å². The molecule has 0 aliphatic heterocycles. The second-order valence-electron chi connectivity index (χ2n) is 2.54. The Morgan fingerprint density at radius 3 is 2.79 bits per heavy atom. The summed E-state index contributed by atoms with van der Waals surface area (Å²) in [5.74, 6) is -0.416. The summed E-state index contributed by atoms with van der Waals surface area (Å²) in [5.41, 5.74) is 5.78. The van der Waals surface area contributed by atoms with Gasteiger partial charge in [-0.15, -0.1) is 11.3 Å². The van der Waals surface area contributed by atoms with Crippen LogP contribution in [0.15, 0.2) is 48.4 Å². The highest BCUT2D eigenvalue weighted by atomic mass is 32.1. The molecule has 0 radical (unpaired) electrons. The highest BCUT2D eigenvalue weighted by molar-refractivity contribution is 7.11. The maximum absolute atomic E-state index is 11.1. The summed E-state index contributed by atoms with van der Waals surface area (Å²) in [4.78, 5) is 12.0. The zero-order valence-electron chi connectivity index (χ0n) is 7.64. The normalized spacial score (nSPS) is 11.9. The number of primary amides is 1. The molecule has 0 aliphatic carbocycles. The fraction of sp³-hybridized carbons (Fsp3) is 0. The van der Waals surface area contributed by atoms with Gasteiger partial charge in [0.1, 0.15) is 0 Å². The Hall–Kier alpha value is -1.61. The maximum atomic E-state index is 11.1. The van der Waals surface area contributed by atoms with Gasteiger partial charge in [-0.05, 0) is 17.5 Å². The number of allylic oxidation sites excluding steroid dienone is 4. The van der Waals surface area contributed by atoms with Crippen LogP contribution in [0.3, 0.4) is 0 Å². The van der Waals surface area contributed by atoms with Crippen LogP contribution in [0.4, 0.5) is 0 Å². The standard InChI is InChI=1S/C11H11NOS/c1-2-3-4-6-9(11(12)13)10-7-5-8-14-10/h2-8H,1H2,(H2,12,13). The lowest BCUT2D eigenvalue weighted by molar-refractivity contribution is -0.112. The number of amides is 1. The summed E-state index contributed by atoms with van der Waals surface area (Å²) in [6, 6.07) is 3.75. The Bertz CT molecular complexity index is 374. The smallest absolute Gasteiger partial charge is 0.250 e. The van der Waals surface area contributed by atoms with E-state index >= 15 is 0 Å². The van der Waals surface area contributed by atoms with Crippen molar-refractivity contribution in [3.63, 3.8) is 0 Å². The molecule has 0 spiro atoms. The van der Waals surface area contributed by atoms with Crippen LogP contribution in [0.25, 0.3) is 5.57 Å². The third kappa shape index (κ3) is 2.71. The van der Waals surface area contributed by atoms with Crippen LogP contribution in [0.1, 0.15) is 4.88 Å². The summed E-state index contributed by atoms with van der Waals surface area (Å²) in [5, 5.41) is 1.91. The Kier molecular flexibility index (Phi) is 3.88. The number of carbonyl (C=O) groups is 1. The molecule has 0 saturated carbocycles. The van der Waals surface area contributed by atoms with E-state index in [2.05, 4.69) is 6.58 Å². The molecular formula is C11H11NOS. The third-order valence-electron chi connectivity index (χ3n) is 1.56. The van der Waals surface area contributed by atoms with E-state index in [1.54, 1.807) is 24.3 Å². The molecule has 2 nitrogen and oxygen atoms in total. The van der Waals surface area contributed by atoms with E-state index in [1.807, 2.05) is 17.5 Å². The van der Waals surface area contributed by atoms with E-state index in [-0.39, 0.29) is 0 Å². The minimum Gasteiger partial charge on any atom is -0.366 e. The molecule has 0 bridgehead atoms. The largest absolute Gasteiger partial charge is 0.366 e. The van der Waals surface area contributed by atoms with Crippen molar-refractivity contribution in [2.75, 3.05) is 0 Å². The van der Waals surface area contributed by atoms with Crippen molar-refractivity contribution in [2.24, 2.45) is 5.73 Å². The van der Waals surface area contributed by atoms with E-state index < -0.39 is 5.91 Å². The highest BCUT2D eigenvalue weighted by Gasteiger charge is 2.06. The summed E-state index contributed by atoms with van der Waals surface area (Å²) in [6.45, 7) is 3.54. The van der Waals surface area contributed by atoms with Gasteiger partial charge in [0.15, 0.2) is 0 Å². The number of rotatable bonds is 4. The second-order valence-corrected chi connectivity index (χ2v) is 3.49. The first-order valence-electron chi connectivity index (χ1n) is 4.08. The minimum atomic E-state index is -0.416. The fourth-order valence-corrected chi connectivity index (χ4v) is 1.70. The molecule has 72 valence electrons. The molecule has 1 aromatic rings. The first-order valence-corrected chi connectivity index (χ1v) is 4.96. The summed E-state index contributed by atoms with van der Waals surface area (Å²) >= 11 is 1.49. The van der Waals surface area contributed by atoms with E-state index in [0.717, 1.165) is 4.88 Å². The predicted octanol–water partition coefficient (Wildman–Crippen LogP) is 2.36. The highest BCUT2D eigenvalue weighted by Crippen LogP contribution is 2.19. The molecule has 1 heterocycles. The van der Waals surface area contributed by atoms with Crippen LogP contribution in [0.5, 0.6) is 0 Å². The van der Waals surface area contributed by atoms with Crippen molar-refractivity contribution in [1.29, 1.82) is 0 Å². The van der Waals surface area contributed by atoms with Crippen LogP contribution in [-0.2, 0) is 4.79 Å². The number of hydrogen-bond donors (Lipinski definition) is 1. The van der Waals surface area contributed by atoms with Gasteiger partial charge in [-0.3, -0.25) is 4.79 Å². The first kappa shape index (κ1) is 10.5. The van der Waals surface area contributed by atoms with Crippen LogP contribution in [-0.4, -0.2) is 5.91 Å². The van der Waals surface area contributed by atoms with Gasteiger partial charge in [-0.2, -0.15) is 0 Å². The Balaban J connectivity index is 2.96. The van der Waals surface area contributed by atoms with Crippen LogP contribution in [0, 0.1) is 0 Å². The lowest BCUT2D eigenvalue weighted by atomic mass is 10.2. The Morgan fingerprint density at radius 2 is 2.29 bits per heavy atom. The van der Waals surface area contributed by atoms with Gasteiger partial charge in [0.05, 0.1) is 5.57 Å². The van der Waals surface area contributed by atoms with Gasteiger partial charge in [-0.1, -0.05) is 30.9 Å². The SMILES string of the molecule is C=CC=CC=C(C(N)=O)c1cccs1. The van der Waals surface area contributed by atoms with Gasteiger partial charge >= 0.3 is 0 Å². The van der Waals surface area contributed by atoms with Crippen molar-refractivity contribution in [1.82, 2.24) is 0 Å². The minimum absolute atomic E-state index is 0.416. The molecule has 1 amide bonds. The first-order chi connectivity index (χ1) is 6.75. The molecule has 3 heteroatoms. The number of thiophene rings is 1. The quantitative estimate of drug-likeness (QED) is 0.595. The summed E-state index contributed by atoms with van der Waals surface area (Å²) in [7, 11) is 0. The van der Waals surface area contributed by atoms with Crippen molar-refractivity contribution >= 4 is 22.8 Å². The lowest BCUT2D eigenvalue weighted by Crippen LogP contribution is -2.11. The lowest BCUT2D eigenvalue weighted by Gasteiger charge is -1.96. The number of carbonyl (C=O) groups excluding carboxylic acids is 1. The average molecular weight is 205 g/mol. The van der Waals surface area contributed by atoms with Crippen LogP contribution < -0.4 is 5.73 Å². The predicted molar refractivity (Wildman–Crippen MR) is 60.8 cm³/mol. The molecule has 0 aromatic carbocycles. The molecule has 0 atom stereocenters. The molecule has 0 saturated heterocycles. The third-order valence-corrected chi connectivity index (χ3v) is 2.47. The molecule has 1 aromatic heterocycles. The van der Waals surface area contributed by atoms with Crippen molar-refractivity contribution in [2.45, 2.75) is 0 Å². The second kappa shape index (κ2) is 5.19. The summed E-state index contributed by atoms with van der Waals surface area (Å²) < 4.78 is 0. The van der Waals surface area contributed by atoms with Crippen molar-refractivity contribution in [3.05, 3.63) is 53.3 Å². The average Bonchev–Trinajstić information content (AvgIpc) is 2.64. The maximum Gasteiger partial charge on any atom is 0.250 e. The van der Waals surface area contributed by atoms with Gasteiger partial charge in [0, 0.05) is 4.88 Å². The van der Waals surface area contributed by atoms with E-state index in [1.165, 1.54) is 11.3 Å². The zero-order valence-corrected chi connectivity index (χ0v) is 8.46. The molecule has 0 unspecified atom stereocenters. The van der Waals surface area contributed by atoms with Gasteiger partial charge in [-0.25, -0.2) is 0 Å². The molecule has 0 fully saturated rings. The van der Waals surface area contributed by atoms with Crippen molar-refractivity contribution in [3.8, 4) is 0 Å². The Morgan fingerprint density at radius 1 is 1.50 bits per heavy atom. The monoisotopic (exact) mass is 205 g/mol. The van der Waals surface area contributed by atoms with Gasteiger partial charge < -0.3 is 5.73 Å². The van der Waals surface area contributed by atoms with Crippen LogP contribution >= 0.6 is 11.3 Å². The fourth-order valence-electron chi connectivity index (χ4n) is 0.948. The number of hydrogen-bond acceptors (Lipinski definition) is 2. The van der Waals surface area contributed by atoms with Crippen LogP contribution in [0.2, 0.25) is 0 Å². The topological polar surface area (TPSA) is 43.1 Å². The molecule has 0 aliphatic rings. The number of nitrogens with two attached hydrogens (primary N) is 1. The van der Waals surface area contributed by atoms with Gasteiger partial charge in [0.2, 0.25) is 5.91 Å². The molecule has 1 rings (SSSR count). The van der Waals surface area contributed by atoms with E-state index in [9.17, 15) is 4.79 Å².